The first-order valence-electron chi connectivity index (χ1n) is 9.72. The number of nitrogens with zero attached hydrogens (tertiary/aromatic N) is 2. The highest BCUT2D eigenvalue weighted by atomic mass is 16.2. The van der Waals surface area contributed by atoms with E-state index in [1.807, 2.05) is 72.9 Å². The minimum atomic E-state index is -0.0798. The molecule has 0 saturated heterocycles. The number of pyridine rings is 1. The van der Waals surface area contributed by atoms with Crippen LogP contribution in [0.2, 0.25) is 0 Å². The fourth-order valence-electron chi connectivity index (χ4n) is 4.00. The Morgan fingerprint density at radius 1 is 0.900 bits per heavy atom. The Balaban J connectivity index is 1.42. The fraction of sp³-hybridized carbons (Fsp3) is 0. The maximum Gasteiger partial charge on any atom is 0.256 e. The minimum absolute atomic E-state index is 0.0798. The number of H-pyrrole nitrogens is 1. The molecular weight excluding hydrogens is 372 g/mol. The van der Waals surface area contributed by atoms with Gasteiger partial charge in [-0.25, -0.2) is 0 Å². The van der Waals surface area contributed by atoms with Crippen LogP contribution in [0.3, 0.4) is 0 Å². The second kappa shape index (κ2) is 6.39. The lowest BCUT2D eigenvalue weighted by Crippen LogP contribution is -2.03. The van der Waals surface area contributed by atoms with Crippen LogP contribution in [-0.4, -0.2) is 21.1 Å². The third-order valence-electron chi connectivity index (χ3n) is 5.47. The third kappa shape index (κ3) is 2.60. The van der Waals surface area contributed by atoms with E-state index < -0.39 is 0 Å². The van der Waals surface area contributed by atoms with Gasteiger partial charge >= 0.3 is 0 Å². The van der Waals surface area contributed by atoms with Gasteiger partial charge < -0.3 is 5.32 Å². The number of amides is 1. The van der Waals surface area contributed by atoms with Crippen LogP contribution >= 0.6 is 0 Å². The molecule has 2 N–H and O–H groups in total. The molecule has 0 radical (unpaired) electrons. The summed E-state index contributed by atoms with van der Waals surface area (Å²) in [5.41, 5.74) is 7.10. The standard InChI is InChI=1S/C25H16N4O/c30-25-20(18-6-2-4-8-22(18)27-25)11-15-9-10-19-23(12-15)28-29-24(19)17-13-16-5-1-3-7-21(16)26-14-17/h1-14H,(H,27,30)(H,28,29)/b20-11-. The van der Waals surface area contributed by atoms with Gasteiger partial charge in [0, 0.05) is 39.4 Å². The minimum Gasteiger partial charge on any atom is -0.321 e. The number of carbonyl (C=O) groups excluding carboxylic acids is 1. The van der Waals surface area contributed by atoms with Crippen LogP contribution in [0.1, 0.15) is 11.1 Å². The molecule has 0 saturated carbocycles. The molecule has 30 heavy (non-hydrogen) atoms. The molecule has 142 valence electrons. The normalized spacial score (nSPS) is 14.4. The van der Waals surface area contributed by atoms with Crippen molar-refractivity contribution in [2.24, 2.45) is 0 Å². The number of hydrogen-bond donors (Lipinski definition) is 2. The molecule has 5 nitrogen and oxygen atoms in total. The first-order valence-corrected chi connectivity index (χ1v) is 9.72. The topological polar surface area (TPSA) is 70.7 Å². The average Bonchev–Trinajstić information content (AvgIpc) is 3.34. The van der Waals surface area contributed by atoms with Crippen molar-refractivity contribution in [2.75, 3.05) is 5.32 Å². The number of aromatic amines is 1. The van der Waals surface area contributed by atoms with Crippen molar-refractivity contribution in [1.82, 2.24) is 15.2 Å². The summed E-state index contributed by atoms with van der Waals surface area (Å²) in [4.78, 5) is 16.9. The molecule has 2 aromatic heterocycles. The monoisotopic (exact) mass is 388 g/mol. The maximum absolute atomic E-state index is 12.4. The first-order chi connectivity index (χ1) is 14.8. The highest BCUT2D eigenvalue weighted by molar-refractivity contribution is 6.35. The van der Waals surface area contributed by atoms with Crippen molar-refractivity contribution >= 4 is 45.0 Å². The van der Waals surface area contributed by atoms with Gasteiger partial charge in [0.2, 0.25) is 0 Å². The summed E-state index contributed by atoms with van der Waals surface area (Å²) in [7, 11) is 0. The smallest absolute Gasteiger partial charge is 0.256 e. The van der Waals surface area contributed by atoms with Gasteiger partial charge in [-0.3, -0.25) is 14.9 Å². The predicted molar refractivity (Wildman–Crippen MR) is 120 cm³/mol. The highest BCUT2D eigenvalue weighted by Gasteiger charge is 2.23. The summed E-state index contributed by atoms with van der Waals surface area (Å²) in [6.45, 7) is 0. The molecule has 1 aliphatic rings. The molecule has 5 heteroatoms. The molecule has 5 aromatic rings. The Bertz CT molecular complexity index is 1500. The van der Waals surface area contributed by atoms with Crippen molar-refractivity contribution in [3.63, 3.8) is 0 Å². The zero-order chi connectivity index (χ0) is 20.1. The average molecular weight is 388 g/mol. The van der Waals surface area contributed by atoms with Gasteiger partial charge in [0.1, 0.15) is 5.69 Å². The second-order valence-corrected chi connectivity index (χ2v) is 7.35. The number of carbonyl (C=O) groups is 1. The van der Waals surface area contributed by atoms with Crippen LogP contribution in [0.5, 0.6) is 0 Å². The van der Waals surface area contributed by atoms with Gasteiger partial charge in [0.05, 0.1) is 11.0 Å². The van der Waals surface area contributed by atoms with Crippen molar-refractivity contribution < 1.29 is 4.79 Å². The largest absolute Gasteiger partial charge is 0.321 e. The maximum atomic E-state index is 12.4. The van der Waals surface area contributed by atoms with E-state index in [0.29, 0.717) is 5.57 Å². The molecule has 0 spiro atoms. The number of aromatic nitrogens is 3. The Morgan fingerprint density at radius 2 is 1.77 bits per heavy atom. The van der Waals surface area contributed by atoms with E-state index in [0.717, 1.165) is 49.9 Å². The zero-order valence-electron chi connectivity index (χ0n) is 15.9. The summed E-state index contributed by atoms with van der Waals surface area (Å²) in [6.07, 6.45) is 3.77. The molecule has 6 rings (SSSR count). The summed E-state index contributed by atoms with van der Waals surface area (Å²) >= 11 is 0. The number of para-hydroxylation sites is 2. The molecule has 3 aromatic carbocycles. The Kier molecular flexibility index (Phi) is 3.55. The lowest BCUT2D eigenvalue weighted by atomic mass is 10.0. The Labute approximate surface area is 172 Å². The molecule has 3 heterocycles. The van der Waals surface area contributed by atoms with Crippen molar-refractivity contribution in [2.45, 2.75) is 0 Å². The van der Waals surface area contributed by atoms with Gasteiger partial charge in [-0.2, -0.15) is 5.10 Å². The van der Waals surface area contributed by atoms with E-state index in [1.54, 1.807) is 0 Å². The van der Waals surface area contributed by atoms with Crippen LogP contribution in [-0.2, 0) is 4.79 Å². The molecule has 0 atom stereocenters. The lowest BCUT2D eigenvalue weighted by molar-refractivity contribution is -0.110. The van der Waals surface area contributed by atoms with Crippen LogP contribution in [0, 0.1) is 0 Å². The zero-order valence-corrected chi connectivity index (χ0v) is 15.9. The molecule has 1 amide bonds. The molecule has 0 bridgehead atoms. The SMILES string of the molecule is O=C1Nc2ccccc2/C1=C/c1ccc2c(-c3cnc4ccccc4c3)n[nH]c2c1. The third-order valence-corrected chi connectivity index (χ3v) is 5.47. The highest BCUT2D eigenvalue weighted by Crippen LogP contribution is 2.34. The molecule has 0 aliphatic carbocycles. The van der Waals surface area contributed by atoms with Crippen LogP contribution < -0.4 is 5.32 Å². The molecule has 0 unspecified atom stereocenters. The second-order valence-electron chi connectivity index (χ2n) is 7.35. The molecular formula is C25H16N4O. The van der Waals surface area contributed by atoms with Crippen LogP contribution in [0.25, 0.3) is 44.7 Å². The van der Waals surface area contributed by atoms with Gasteiger partial charge in [-0.05, 0) is 42.0 Å². The van der Waals surface area contributed by atoms with Crippen LogP contribution in [0.4, 0.5) is 5.69 Å². The Hall–Kier alpha value is -4.25. The van der Waals surface area contributed by atoms with E-state index in [1.165, 1.54) is 0 Å². The number of benzene rings is 3. The summed E-state index contributed by atoms with van der Waals surface area (Å²) in [5.74, 6) is -0.0798. The summed E-state index contributed by atoms with van der Waals surface area (Å²) < 4.78 is 0. The van der Waals surface area contributed by atoms with Gasteiger partial charge in [0.25, 0.3) is 5.91 Å². The Morgan fingerprint density at radius 3 is 2.73 bits per heavy atom. The summed E-state index contributed by atoms with van der Waals surface area (Å²) in [5, 5.41) is 12.7. The first kappa shape index (κ1) is 16.7. The van der Waals surface area contributed by atoms with E-state index in [-0.39, 0.29) is 5.91 Å². The predicted octanol–water partition coefficient (Wildman–Crippen LogP) is 5.27. The van der Waals surface area contributed by atoms with E-state index in [4.69, 9.17) is 0 Å². The molecule has 0 fully saturated rings. The number of anilines is 1. The lowest BCUT2D eigenvalue weighted by Gasteiger charge is -2.02. The van der Waals surface area contributed by atoms with Crippen molar-refractivity contribution in [1.29, 1.82) is 0 Å². The van der Waals surface area contributed by atoms with Crippen molar-refractivity contribution in [3.8, 4) is 11.3 Å². The van der Waals surface area contributed by atoms with Gasteiger partial charge in [0.15, 0.2) is 0 Å². The van der Waals surface area contributed by atoms with E-state index in [2.05, 4.69) is 32.6 Å². The quantitative estimate of drug-likeness (QED) is 0.405. The molecule has 1 aliphatic heterocycles. The van der Waals surface area contributed by atoms with E-state index in [9.17, 15) is 4.79 Å². The number of nitrogens with one attached hydrogen (secondary N) is 2. The van der Waals surface area contributed by atoms with Gasteiger partial charge in [-0.15, -0.1) is 0 Å². The summed E-state index contributed by atoms with van der Waals surface area (Å²) in [6, 6.07) is 23.9. The van der Waals surface area contributed by atoms with E-state index >= 15 is 0 Å². The number of rotatable bonds is 2. The van der Waals surface area contributed by atoms with Crippen LogP contribution in [0.15, 0.2) is 79.0 Å². The number of fused-ring (bicyclic) bond motifs is 3. The van der Waals surface area contributed by atoms with Crippen molar-refractivity contribution in [3.05, 3.63) is 90.1 Å². The number of hydrogen-bond acceptors (Lipinski definition) is 3. The van der Waals surface area contributed by atoms with Gasteiger partial charge in [-0.1, -0.05) is 42.5 Å². The fourth-order valence-corrected chi connectivity index (χ4v) is 4.00.